The van der Waals surface area contributed by atoms with Gasteiger partial charge < -0.3 is 9.84 Å². The Morgan fingerprint density at radius 1 is 0.889 bits per heavy atom. The summed E-state index contributed by atoms with van der Waals surface area (Å²) in [4.78, 5) is 12.4. The van der Waals surface area contributed by atoms with Gasteiger partial charge in [0.05, 0.1) is 6.42 Å². The van der Waals surface area contributed by atoms with Crippen molar-refractivity contribution in [3.05, 3.63) is 95.7 Å². The molecule has 0 fully saturated rings. The Morgan fingerprint density at radius 2 is 1.63 bits per heavy atom. The quantitative estimate of drug-likeness (QED) is 0.556. The zero-order valence-electron chi connectivity index (χ0n) is 14.5. The van der Waals surface area contributed by atoms with Crippen LogP contribution in [0.5, 0.6) is 0 Å². The van der Waals surface area contributed by atoms with Gasteiger partial charge in [-0.15, -0.1) is 0 Å². The number of anilines is 1. The number of fused-ring (bicyclic) bond motifs is 1. The van der Waals surface area contributed by atoms with E-state index < -0.39 is 0 Å². The van der Waals surface area contributed by atoms with Crippen LogP contribution in [-0.2, 0) is 11.2 Å². The summed E-state index contributed by atoms with van der Waals surface area (Å²) in [6, 6.07) is 24.8. The number of para-hydroxylation sites is 1. The van der Waals surface area contributed by atoms with Gasteiger partial charge in [0.1, 0.15) is 5.69 Å². The predicted molar refractivity (Wildman–Crippen MR) is 105 cm³/mol. The molecular formula is C23H16N2O2. The summed E-state index contributed by atoms with van der Waals surface area (Å²) >= 11 is 0. The molecule has 0 aliphatic rings. The van der Waals surface area contributed by atoms with Gasteiger partial charge in [0.15, 0.2) is 5.58 Å². The third kappa shape index (κ3) is 4.05. The maximum atomic E-state index is 12.4. The van der Waals surface area contributed by atoms with Gasteiger partial charge >= 0.3 is 0 Å². The first-order valence-corrected chi connectivity index (χ1v) is 8.58. The van der Waals surface area contributed by atoms with E-state index in [4.69, 9.17) is 4.52 Å². The molecule has 4 rings (SSSR count). The summed E-state index contributed by atoms with van der Waals surface area (Å²) in [5.74, 6) is 6.08. The van der Waals surface area contributed by atoms with E-state index in [-0.39, 0.29) is 12.3 Å². The molecule has 0 spiro atoms. The summed E-state index contributed by atoms with van der Waals surface area (Å²) < 4.78 is 5.24. The highest BCUT2D eigenvalue weighted by Crippen LogP contribution is 2.19. The van der Waals surface area contributed by atoms with E-state index in [9.17, 15) is 4.79 Å². The first-order valence-electron chi connectivity index (χ1n) is 8.58. The van der Waals surface area contributed by atoms with Crippen LogP contribution in [-0.4, -0.2) is 11.1 Å². The van der Waals surface area contributed by atoms with Crippen molar-refractivity contribution in [2.45, 2.75) is 6.42 Å². The molecule has 0 radical (unpaired) electrons. The van der Waals surface area contributed by atoms with Crippen molar-refractivity contribution in [3.63, 3.8) is 0 Å². The molecule has 3 aromatic carbocycles. The number of nitrogens with zero attached hydrogens (tertiary/aromatic N) is 1. The van der Waals surface area contributed by atoms with E-state index in [0.29, 0.717) is 17.0 Å². The van der Waals surface area contributed by atoms with Crippen LogP contribution >= 0.6 is 0 Å². The largest absolute Gasteiger partial charge is 0.356 e. The summed E-state index contributed by atoms with van der Waals surface area (Å²) in [7, 11) is 0. The molecule has 4 nitrogen and oxygen atoms in total. The van der Waals surface area contributed by atoms with Gasteiger partial charge in [0.2, 0.25) is 5.91 Å². The van der Waals surface area contributed by atoms with E-state index in [1.54, 1.807) is 0 Å². The number of hydrogen-bond donors (Lipinski definition) is 1. The van der Waals surface area contributed by atoms with E-state index in [1.807, 2.05) is 78.9 Å². The Bertz CT molecular complexity index is 1150. The molecule has 1 aromatic heterocycles. The van der Waals surface area contributed by atoms with E-state index in [2.05, 4.69) is 22.3 Å². The lowest BCUT2D eigenvalue weighted by Gasteiger charge is -2.04. The van der Waals surface area contributed by atoms with E-state index >= 15 is 0 Å². The zero-order chi connectivity index (χ0) is 18.5. The van der Waals surface area contributed by atoms with Gasteiger partial charge in [0.25, 0.3) is 0 Å². The minimum absolute atomic E-state index is 0.150. The molecule has 1 amide bonds. The average molecular weight is 352 g/mol. The maximum Gasteiger partial charge on any atom is 0.230 e. The van der Waals surface area contributed by atoms with Crippen LogP contribution in [0, 0.1) is 11.8 Å². The fraction of sp³-hybridized carbons (Fsp3) is 0.0435. The minimum atomic E-state index is -0.151. The lowest BCUT2D eigenvalue weighted by molar-refractivity contribution is -0.115. The molecule has 4 aromatic rings. The van der Waals surface area contributed by atoms with Gasteiger partial charge in [-0.1, -0.05) is 53.4 Å². The lowest BCUT2D eigenvalue weighted by Crippen LogP contribution is -2.14. The minimum Gasteiger partial charge on any atom is -0.356 e. The van der Waals surface area contributed by atoms with E-state index in [1.165, 1.54) is 0 Å². The predicted octanol–water partition coefficient (Wildman–Crippen LogP) is 4.41. The molecule has 0 saturated carbocycles. The topological polar surface area (TPSA) is 55.1 Å². The van der Waals surface area contributed by atoms with Gasteiger partial charge in [-0.3, -0.25) is 4.79 Å². The molecule has 0 saturated heterocycles. The summed E-state index contributed by atoms with van der Waals surface area (Å²) in [6.45, 7) is 0. The molecular weight excluding hydrogens is 336 g/mol. The maximum absolute atomic E-state index is 12.4. The third-order valence-corrected chi connectivity index (χ3v) is 4.05. The van der Waals surface area contributed by atoms with Crippen LogP contribution in [0.25, 0.3) is 11.0 Å². The van der Waals surface area contributed by atoms with Gasteiger partial charge in [-0.25, -0.2) is 0 Å². The highest BCUT2D eigenvalue weighted by Gasteiger charge is 2.12. The van der Waals surface area contributed by atoms with Crippen molar-refractivity contribution in [1.82, 2.24) is 5.16 Å². The number of benzene rings is 3. The van der Waals surface area contributed by atoms with Crippen LogP contribution in [0.1, 0.15) is 16.8 Å². The molecule has 130 valence electrons. The second-order valence-electron chi connectivity index (χ2n) is 6.05. The Balaban J connectivity index is 1.46. The molecule has 1 N–H and O–H groups in total. The van der Waals surface area contributed by atoms with Gasteiger partial charge in [0, 0.05) is 22.2 Å². The van der Waals surface area contributed by atoms with Crippen molar-refractivity contribution in [1.29, 1.82) is 0 Å². The van der Waals surface area contributed by atoms with Crippen LogP contribution in [0.4, 0.5) is 5.69 Å². The average Bonchev–Trinajstić information content (AvgIpc) is 3.10. The molecule has 0 bridgehead atoms. The van der Waals surface area contributed by atoms with Crippen molar-refractivity contribution in [2.75, 3.05) is 5.32 Å². The first-order chi connectivity index (χ1) is 13.3. The SMILES string of the molecule is O=C(Cc1noc2ccccc12)Nc1cccc(C#Cc2ccccc2)c1. The number of aromatic nitrogens is 1. The van der Waals surface area contributed by atoms with Crippen molar-refractivity contribution < 1.29 is 9.32 Å². The molecule has 0 unspecified atom stereocenters. The fourth-order valence-corrected chi connectivity index (χ4v) is 2.76. The standard InChI is InChI=1S/C23H16N2O2/c26-23(16-21-20-11-4-5-12-22(20)27-25-21)24-19-10-6-9-18(15-19)14-13-17-7-2-1-3-8-17/h1-12,15H,16H2,(H,24,26). The Hall–Kier alpha value is -3.84. The molecule has 0 aliphatic carbocycles. The van der Waals surface area contributed by atoms with Crippen molar-refractivity contribution in [2.24, 2.45) is 0 Å². The Labute approximate surface area is 156 Å². The number of carbonyl (C=O) groups excluding carboxylic acids is 1. The molecule has 4 heteroatoms. The van der Waals surface area contributed by atoms with Crippen LogP contribution in [0.15, 0.2) is 83.4 Å². The third-order valence-electron chi connectivity index (χ3n) is 4.05. The number of amides is 1. The normalized spacial score (nSPS) is 10.2. The highest BCUT2D eigenvalue weighted by molar-refractivity contribution is 5.94. The second kappa shape index (κ2) is 7.59. The molecule has 0 aliphatic heterocycles. The zero-order valence-corrected chi connectivity index (χ0v) is 14.5. The first kappa shape index (κ1) is 16.6. The lowest BCUT2D eigenvalue weighted by atomic mass is 10.1. The number of nitrogens with one attached hydrogen (secondary N) is 1. The summed E-state index contributed by atoms with van der Waals surface area (Å²) in [5.41, 5.74) is 3.79. The fourth-order valence-electron chi connectivity index (χ4n) is 2.76. The number of hydrogen-bond acceptors (Lipinski definition) is 3. The van der Waals surface area contributed by atoms with Crippen molar-refractivity contribution in [3.8, 4) is 11.8 Å². The molecule has 0 atom stereocenters. The number of carbonyl (C=O) groups is 1. The number of rotatable bonds is 3. The van der Waals surface area contributed by atoms with Gasteiger partial charge in [-0.2, -0.15) is 0 Å². The van der Waals surface area contributed by atoms with Gasteiger partial charge in [-0.05, 0) is 42.5 Å². The van der Waals surface area contributed by atoms with Crippen LogP contribution in [0.3, 0.4) is 0 Å². The Kier molecular flexibility index (Phi) is 4.67. The highest BCUT2D eigenvalue weighted by atomic mass is 16.5. The molecule has 1 heterocycles. The second-order valence-corrected chi connectivity index (χ2v) is 6.05. The summed E-state index contributed by atoms with van der Waals surface area (Å²) in [5, 5.41) is 7.75. The monoisotopic (exact) mass is 352 g/mol. The summed E-state index contributed by atoms with van der Waals surface area (Å²) in [6.07, 6.45) is 0.150. The van der Waals surface area contributed by atoms with Crippen molar-refractivity contribution >= 4 is 22.6 Å². The van der Waals surface area contributed by atoms with Crippen LogP contribution < -0.4 is 5.32 Å². The van der Waals surface area contributed by atoms with Crippen LogP contribution in [0.2, 0.25) is 0 Å². The smallest absolute Gasteiger partial charge is 0.230 e. The Morgan fingerprint density at radius 3 is 2.52 bits per heavy atom. The molecule has 27 heavy (non-hydrogen) atoms. The van der Waals surface area contributed by atoms with E-state index in [0.717, 1.165) is 16.5 Å².